The molecule has 0 saturated carbocycles. The highest BCUT2D eigenvalue weighted by Gasteiger charge is 2.28. The number of hydrogen-bond acceptors (Lipinski definition) is 4. The molecule has 1 N–H and O–H groups in total. The number of aliphatic hydroxyl groups excluding tert-OH is 1. The molecule has 6 nitrogen and oxygen atoms in total. The van der Waals surface area contributed by atoms with Crippen molar-refractivity contribution in [3.63, 3.8) is 0 Å². The molecule has 1 amide bonds. The first-order valence-electron chi connectivity index (χ1n) is 6.42. The van der Waals surface area contributed by atoms with Crippen LogP contribution < -0.4 is 4.90 Å². The number of benzene rings is 1. The van der Waals surface area contributed by atoms with Crippen molar-refractivity contribution in [1.29, 1.82) is 0 Å². The highest BCUT2D eigenvalue weighted by Crippen LogP contribution is 2.30. The predicted molar refractivity (Wildman–Crippen MR) is 75.1 cm³/mol. The minimum atomic E-state index is -3.63. The highest BCUT2D eigenvalue weighted by molar-refractivity contribution is 7.89. The van der Waals surface area contributed by atoms with Crippen molar-refractivity contribution >= 4 is 21.6 Å². The van der Waals surface area contributed by atoms with Gasteiger partial charge in [0.15, 0.2) is 0 Å². The van der Waals surface area contributed by atoms with E-state index in [4.69, 9.17) is 5.11 Å². The number of fused-ring (bicyclic) bond motifs is 1. The van der Waals surface area contributed by atoms with Crippen LogP contribution in [-0.2, 0) is 21.2 Å². The molecule has 0 unspecified atom stereocenters. The summed E-state index contributed by atoms with van der Waals surface area (Å²) < 4.78 is 26.1. The maximum Gasteiger partial charge on any atom is 0.243 e. The van der Waals surface area contributed by atoms with Gasteiger partial charge in [0.2, 0.25) is 15.9 Å². The number of likely N-dealkylation sites (N-methyl/N-ethyl adjacent to an activating group) is 2. The second kappa shape index (κ2) is 5.51. The molecule has 1 aromatic rings. The molecule has 0 atom stereocenters. The quantitative estimate of drug-likeness (QED) is 0.843. The Hall–Kier alpha value is -1.44. The number of nitrogens with zero attached hydrogens (tertiary/aromatic N) is 2. The maximum atomic E-state index is 12.4. The molecule has 0 aliphatic carbocycles. The average molecular weight is 298 g/mol. The molecule has 1 aliphatic heterocycles. The first kappa shape index (κ1) is 15.0. The minimum Gasteiger partial charge on any atom is -0.395 e. The maximum absolute atomic E-state index is 12.4. The van der Waals surface area contributed by atoms with Crippen LogP contribution in [-0.4, -0.2) is 50.5 Å². The van der Waals surface area contributed by atoms with Crippen molar-refractivity contribution in [1.82, 2.24) is 4.31 Å². The Balaban J connectivity index is 2.40. The van der Waals surface area contributed by atoms with E-state index < -0.39 is 10.0 Å². The topological polar surface area (TPSA) is 77.9 Å². The fourth-order valence-electron chi connectivity index (χ4n) is 2.32. The molecule has 1 heterocycles. The van der Waals surface area contributed by atoms with Gasteiger partial charge in [-0.2, -0.15) is 4.31 Å². The van der Waals surface area contributed by atoms with Gasteiger partial charge in [0.1, 0.15) is 0 Å². The molecule has 0 fully saturated rings. The standard InChI is InChI=1S/C13H18N2O4S/c1-3-15(6-7-16)20(18,19)11-4-5-12-10(8-11)9-13(17)14(12)2/h4-5,8,16H,3,6-7,9H2,1-2H3. The van der Waals surface area contributed by atoms with Crippen LogP contribution in [0.4, 0.5) is 5.69 Å². The molecule has 2 rings (SSSR count). The van der Waals surface area contributed by atoms with Gasteiger partial charge in [0, 0.05) is 25.8 Å². The van der Waals surface area contributed by atoms with Gasteiger partial charge in [-0.05, 0) is 23.8 Å². The second-order valence-electron chi connectivity index (χ2n) is 4.64. The normalized spacial score (nSPS) is 15.0. The number of hydrogen-bond donors (Lipinski definition) is 1. The molecule has 0 radical (unpaired) electrons. The first-order chi connectivity index (χ1) is 9.41. The fourth-order valence-corrected chi connectivity index (χ4v) is 3.81. The molecule has 1 aromatic carbocycles. The van der Waals surface area contributed by atoms with Crippen molar-refractivity contribution in [2.45, 2.75) is 18.2 Å². The monoisotopic (exact) mass is 298 g/mol. The van der Waals surface area contributed by atoms with E-state index in [-0.39, 0.29) is 30.4 Å². The molecule has 0 saturated heterocycles. The third kappa shape index (κ3) is 2.44. The van der Waals surface area contributed by atoms with E-state index in [1.54, 1.807) is 26.1 Å². The van der Waals surface area contributed by atoms with Crippen LogP contribution in [0.25, 0.3) is 0 Å². The van der Waals surface area contributed by atoms with Crippen molar-refractivity contribution in [3.05, 3.63) is 23.8 Å². The molecule has 110 valence electrons. The van der Waals surface area contributed by atoms with E-state index in [9.17, 15) is 13.2 Å². The SMILES string of the molecule is CCN(CCO)S(=O)(=O)c1ccc2c(c1)CC(=O)N2C. The lowest BCUT2D eigenvalue weighted by Gasteiger charge is -2.20. The third-order valence-electron chi connectivity index (χ3n) is 3.47. The Labute approximate surface area is 118 Å². The molecular weight excluding hydrogens is 280 g/mol. The van der Waals surface area contributed by atoms with E-state index in [1.165, 1.54) is 15.3 Å². The zero-order valence-electron chi connectivity index (χ0n) is 11.5. The largest absolute Gasteiger partial charge is 0.395 e. The predicted octanol–water partition coefficient (Wildman–Crippen LogP) is 0.208. The van der Waals surface area contributed by atoms with Crippen LogP contribution in [0.3, 0.4) is 0 Å². The molecule has 20 heavy (non-hydrogen) atoms. The fraction of sp³-hybridized carbons (Fsp3) is 0.462. The number of sulfonamides is 1. The van der Waals surface area contributed by atoms with Gasteiger partial charge in [-0.1, -0.05) is 6.92 Å². The van der Waals surface area contributed by atoms with Crippen LogP contribution in [0.1, 0.15) is 12.5 Å². The van der Waals surface area contributed by atoms with Gasteiger partial charge in [-0.25, -0.2) is 8.42 Å². The number of aliphatic hydroxyl groups is 1. The number of anilines is 1. The lowest BCUT2D eigenvalue weighted by atomic mass is 10.2. The van der Waals surface area contributed by atoms with Gasteiger partial charge in [0.25, 0.3) is 0 Å². The van der Waals surface area contributed by atoms with Crippen molar-refractivity contribution in [2.24, 2.45) is 0 Å². The van der Waals surface area contributed by atoms with Crippen LogP contribution in [0.15, 0.2) is 23.1 Å². The van der Waals surface area contributed by atoms with E-state index in [2.05, 4.69) is 0 Å². The molecular formula is C13H18N2O4S. The zero-order valence-corrected chi connectivity index (χ0v) is 12.4. The van der Waals surface area contributed by atoms with Crippen molar-refractivity contribution < 1.29 is 18.3 Å². The second-order valence-corrected chi connectivity index (χ2v) is 6.58. The molecule has 1 aliphatic rings. The summed E-state index contributed by atoms with van der Waals surface area (Å²) in [5, 5.41) is 8.94. The van der Waals surface area contributed by atoms with Crippen LogP contribution in [0.5, 0.6) is 0 Å². The molecule has 0 aromatic heterocycles. The highest BCUT2D eigenvalue weighted by atomic mass is 32.2. The number of carbonyl (C=O) groups is 1. The number of carbonyl (C=O) groups excluding carboxylic acids is 1. The molecule has 0 spiro atoms. The summed E-state index contributed by atoms with van der Waals surface area (Å²) in [7, 11) is -1.95. The van der Waals surface area contributed by atoms with Crippen molar-refractivity contribution in [3.8, 4) is 0 Å². The van der Waals surface area contributed by atoms with Crippen LogP contribution >= 0.6 is 0 Å². The van der Waals surface area contributed by atoms with Crippen LogP contribution in [0.2, 0.25) is 0 Å². The van der Waals surface area contributed by atoms with E-state index in [0.29, 0.717) is 6.54 Å². The Morgan fingerprint density at radius 1 is 1.40 bits per heavy atom. The third-order valence-corrected chi connectivity index (χ3v) is 5.44. The van der Waals surface area contributed by atoms with E-state index in [1.807, 2.05) is 0 Å². The van der Waals surface area contributed by atoms with Crippen LogP contribution in [0, 0.1) is 0 Å². The summed E-state index contributed by atoms with van der Waals surface area (Å²) in [6.07, 6.45) is 0.224. The molecule has 0 bridgehead atoms. The number of rotatable bonds is 5. The first-order valence-corrected chi connectivity index (χ1v) is 7.86. The number of amides is 1. The Kier molecular flexibility index (Phi) is 4.12. The zero-order chi connectivity index (χ0) is 14.9. The summed E-state index contributed by atoms with van der Waals surface area (Å²) in [4.78, 5) is 13.3. The average Bonchev–Trinajstić information content (AvgIpc) is 2.70. The van der Waals surface area contributed by atoms with E-state index in [0.717, 1.165) is 11.3 Å². The smallest absolute Gasteiger partial charge is 0.243 e. The Morgan fingerprint density at radius 2 is 2.10 bits per heavy atom. The van der Waals surface area contributed by atoms with Gasteiger partial charge in [0.05, 0.1) is 17.9 Å². The summed E-state index contributed by atoms with van der Waals surface area (Å²) in [5.41, 5.74) is 1.47. The van der Waals surface area contributed by atoms with Crippen molar-refractivity contribution in [2.75, 3.05) is 31.6 Å². The summed E-state index contributed by atoms with van der Waals surface area (Å²) in [6.45, 7) is 1.85. The lowest BCUT2D eigenvalue weighted by molar-refractivity contribution is -0.117. The summed E-state index contributed by atoms with van der Waals surface area (Å²) in [6, 6.07) is 4.70. The Morgan fingerprint density at radius 3 is 2.70 bits per heavy atom. The Bertz CT molecular complexity index is 627. The summed E-state index contributed by atoms with van der Waals surface area (Å²) in [5.74, 6) is -0.0442. The molecule has 7 heteroatoms. The van der Waals surface area contributed by atoms with Gasteiger partial charge in [-0.15, -0.1) is 0 Å². The van der Waals surface area contributed by atoms with Gasteiger partial charge < -0.3 is 10.0 Å². The van der Waals surface area contributed by atoms with Gasteiger partial charge >= 0.3 is 0 Å². The van der Waals surface area contributed by atoms with Gasteiger partial charge in [-0.3, -0.25) is 4.79 Å². The summed E-state index contributed by atoms with van der Waals surface area (Å²) >= 11 is 0. The lowest BCUT2D eigenvalue weighted by Crippen LogP contribution is -2.33. The minimum absolute atomic E-state index is 0.0442. The van der Waals surface area contributed by atoms with E-state index >= 15 is 0 Å².